The van der Waals surface area contributed by atoms with Crippen molar-refractivity contribution in [2.24, 2.45) is 5.92 Å². The average molecular weight is 367 g/mol. The number of nitrogens with one attached hydrogen (secondary N) is 1. The van der Waals surface area contributed by atoms with Gasteiger partial charge in [0, 0.05) is 30.7 Å². The van der Waals surface area contributed by atoms with Crippen molar-refractivity contribution in [2.75, 3.05) is 6.61 Å². The molecule has 0 saturated carbocycles. The Morgan fingerprint density at radius 1 is 1.08 bits per heavy atom. The van der Waals surface area contributed by atoms with E-state index in [0.717, 1.165) is 4.90 Å². The van der Waals surface area contributed by atoms with Gasteiger partial charge >= 0.3 is 0 Å². The molecule has 1 heterocycles. The number of rotatable bonds is 9. The van der Waals surface area contributed by atoms with Gasteiger partial charge in [0.1, 0.15) is 0 Å². The fourth-order valence-corrected chi connectivity index (χ4v) is 3.44. The van der Waals surface area contributed by atoms with E-state index < -0.39 is 11.1 Å². The summed E-state index contributed by atoms with van der Waals surface area (Å²) in [6.07, 6.45) is 3.16. The van der Waals surface area contributed by atoms with Crippen molar-refractivity contribution in [1.82, 2.24) is 10.2 Å². The molecule has 0 unspecified atom stereocenters. The summed E-state index contributed by atoms with van der Waals surface area (Å²) in [6, 6.07) is 0. The van der Waals surface area contributed by atoms with Gasteiger partial charge in [-0.15, -0.1) is 0 Å². The molecule has 1 N–H and O–H groups in total. The maximum atomic E-state index is 12.6. The van der Waals surface area contributed by atoms with Gasteiger partial charge in [0.15, 0.2) is 0 Å². The third kappa shape index (κ3) is 6.56. The van der Waals surface area contributed by atoms with Gasteiger partial charge in [0.05, 0.1) is 11.1 Å². The lowest BCUT2D eigenvalue weighted by Crippen LogP contribution is -2.54. The van der Waals surface area contributed by atoms with Crippen LogP contribution in [0, 0.1) is 5.92 Å². The van der Waals surface area contributed by atoms with Crippen molar-refractivity contribution in [2.45, 2.75) is 84.9 Å². The third-order valence-electron chi connectivity index (χ3n) is 4.16. The van der Waals surface area contributed by atoms with Crippen LogP contribution in [0.1, 0.15) is 68.2 Å². The van der Waals surface area contributed by atoms with E-state index in [9.17, 15) is 14.4 Å². The highest BCUT2D eigenvalue weighted by Gasteiger charge is 2.40. The molecule has 6 nitrogen and oxygen atoms in total. The minimum atomic E-state index is -0.887. The number of hydrogen-bond acceptors (Lipinski definition) is 4. The van der Waals surface area contributed by atoms with E-state index in [1.807, 2.05) is 27.7 Å². The summed E-state index contributed by atoms with van der Waals surface area (Å²) in [5.74, 6) is -0.519. The predicted octanol–water partition coefficient (Wildman–Crippen LogP) is 2.82. The number of imide groups is 1. The number of amides is 3. The second kappa shape index (κ2) is 7.91. The van der Waals surface area contributed by atoms with Crippen molar-refractivity contribution in [1.29, 1.82) is 0 Å². The Labute approximate surface area is 157 Å². The molecule has 0 fully saturated rings. The number of hydrogen-bond donors (Lipinski definition) is 1. The molecule has 3 amide bonds. The average Bonchev–Trinajstić information content (AvgIpc) is 2.73. The van der Waals surface area contributed by atoms with E-state index >= 15 is 0 Å². The Morgan fingerprint density at radius 2 is 1.58 bits per heavy atom. The van der Waals surface area contributed by atoms with Gasteiger partial charge in [-0.2, -0.15) is 0 Å². The summed E-state index contributed by atoms with van der Waals surface area (Å²) in [6.45, 7) is 16.2. The van der Waals surface area contributed by atoms with Gasteiger partial charge < -0.3 is 10.1 Å². The van der Waals surface area contributed by atoms with Crippen molar-refractivity contribution in [3.8, 4) is 0 Å². The minimum Gasteiger partial charge on any atom is -0.375 e. The highest BCUT2D eigenvalue weighted by Crippen LogP contribution is 2.26. The summed E-state index contributed by atoms with van der Waals surface area (Å²) in [5.41, 5.74) is -1.74. The Bertz CT molecular complexity index is 571. The quantitative estimate of drug-likeness (QED) is 0.637. The Balaban J connectivity index is 2.67. The topological polar surface area (TPSA) is 75.7 Å². The standard InChI is InChI=1S/C20H34N2O4/c1-14(2)12-26-20(7,8)13-18(3,4)21-15(23)11-19(5,6)22-16(24)9-10-17(22)25/h9-10,14H,11-13H2,1-8H3,(H,21,23). The van der Waals surface area contributed by atoms with Crippen LogP contribution in [0.3, 0.4) is 0 Å². The highest BCUT2D eigenvalue weighted by atomic mass is 16.5. The summed E-state index contributed by atoms with van der Waals surface area (Å²) in [5, 5.41) is 3.02. The molecule has 1 rings (SSSR count). The summed E-state index contributed by atoms with van der Waals surface area (Å²) < 4.78 is 5.96. The van der Waals surface area contributed by atoms with Crippen LogP contribution in [0.15, 0.2) is 12.2 Å². The zero-order valence-electron chi connectivity index (χ0n) is 17.4. The molecule has 1 aliphatic rings. The molecule has 148 valence electrons. The molecule has 0 aromatic carbocycles. The second-order valence-electron chi connectivity index (χ2n) is 9.41. The van der Waals surface area contributed by atoms with Crippen LogP contribution in [0.4, 0.5) is 0 Å². The molecule has 6 heteroatoms. The van der Waals surface area contributed by atoms with Crippen LogP contribution < -0.4 is 5.32 Å². The number of nitrogens with zero attached hydrogens (tertiary/aromatic N) is 1. The lowest BCUT2D eigenvalue weighted by molar-refractivity contribution is -0.144. The molecular weight excluding hydrogens is 332 g/mol. The van der Waals surface area contributed by atoms with E-state index in [-0.39, 0.29) is 29.7 Å². The fourth-order valence-electron chi connectivity index (χ4n) is 3.44. The fraction of sp³-hybridized carbons (Fsp3) is 0.750. The van der Waals surface area contributed by atoms with Crippen LogP contribution in [-0.2, 0) is 19.1 Å². The number of ether oxygens (including phenoxy) is 1. The predicted molar refractivity (Wildman–Crippen MR) is 101 cm³/mol. The highest BCUT2D eigenvalue weighted by molar-refractivity contribution is 6.13. The molecule has 0 spiro atoms. The largest absolute Gasteiger partial charge is 0.375 e. The normalized spacial score (nSPS) is 16.0. The van der Waals surface area contributed by atoms with E-state index in [2.05, 4.69) is 19.2 Å². The Morgan fingerprint density at radius 3 is 2.04 bits per heavy atom. The molecule has 0 radical (unpaired) electrons. The smallest absolute Gasteiger partial charge is 0.254 e. The van der Waals surface area contributed by atoms with Gasteiger partial charge in [-0.05, 0) is 53.9 Å². The van der Waals surface area contributed by atoms with Gasteiger partial charge in [-0.25, -0.2) is 0 Å². The van der Waals surface area contributed by atoms with Crippen molar-refractivity contribution in [3.63, 3.8) is 0 Å². The molecule has 0 atom stereocenters. The molecule has 26 heavy (non-hydrogen) atoms. The molecule has 0 aromatic rings. The minimum absolute atomic E-state index is 0.0445. The summed E-state index contributed by atoms with van der Waals surface area (Å²) in [7, 11) is 0. The van der Waals surface area contributed by atoms with Gasteiger partial charge in [0.25, 0.3) is 11.8 Å². The first-order valence-electron chi connectivity index (χ1n) is 9.16. The zero-order valence-corrected chi connectivity index (χ0v) is 17.4. The van der Waals surface area contributed by atoms with E-state index in [1.54, 1.807) is 13.8 Å². The van der Waals surface area contributed by atoms with Crippen LogP contribution in [0.2, 0.25) is 0 Å². The van der Waals surface area contributed by atoms with Crippen LogP contribution >= 0.6 is 0 Å². The zero-order chi connectivity index (χ0) is 20.3. The van der Waals surface area contributed by atoms with Gasteiger partial charge in [-0.1, -0.05) is 13.8 Å². The lowest BCUT2D eigenvalue weighted by atomic mass is 9.88. The maximum absolute atomic E-state index is 12.6. The SMILES string of the molecule is CC(C)COC(C)(C)CC(C)(C)NC(=O)CC(C)(C)N1C(=O)C=CC1=O. The second-order valence-corrected chi connectivity index (χ2v) is 9.41. The van der Waals surface area contributed by atoms with Gasteiger partial charge in [0.2, 0.25) is 5.91 Å². The molecular formula is C20H34N2O4. The van der Waals surface area contributed by atoms with Crippen LogP contribution in [0.5, 0.6) is 0 Å². The first-order chi connectivity index (χ1) is 11.7. The van der Waals surface area contributed by atoms with E-state index in [0.29, 0.717) is 18.9 Å². The number of carbonyl (C=O) groups excluding carboxylic acids is 3. The Kier molecular flexibility index (Phi) is 6.80. The first-order valence-corrected chi connectivity index (χ1v) is 9.16. The third-order valence-corrected chi connectivity index (χ3v) is 4.16. The van der Waals surface area contributed by atoms with E-state index in [4.69, 9.17) is 4.74 Å². The molecule has 0 saturated heterocycles. The van der Waals surface area contributed by atoms with Crippen LogP contribution in [0.25, 0.3) is 0 Å². The molecule has 0 aliphatic carbocycles. The number of carbonyl (C=O) groups is 3. The lowest BCUT2D eigenvalue weighted by Gasteiger charge is -2.38. The Hall–Kier alpha value is -1.69. The van der Waals surface area contributed by atoms with Crippen molar-refractivity contribution >= 4 is 17.7 Å². The molecule has 0 bridgehead atoms. The molecule has 0 aromatic heterocycles. The van der Waals surface area contributed by atoms with Crippen LogP contribution in [-0.4, -0.2) is 45.9 Å². The summed E-state index contributed by atoms with van der Waals surface area (Å²) in [4.78, 5) is 37.5. The van der Waals surface area contributed by atoms with Gasteiger partial charge in [-0.3, -0.25) is 19.3 Å². The van der Waals surface area contributed by atoms with E-state index in [1.165, 1.54) is 12.2 Å². The first kappa shape index (κ1) is 22.4. The maximum Gasteiger partial charge on any atom is 0.254 e. The summed E-state index contributed by atoms with van der Waals surface area (Å²) >= 11 is 0. The van der Waals surface area contributed by atoms with Crippen molar-refractivity contribution < 1.29 is 19.1 Å². The monoisotopic (exact) mass is 366 g/mol. The molecule has 1 aliphatic heterocycles. The van der Waals surface area contributed by atoms with Crippen molar-refractivity contribution in [3.05, 3.63) is 12.2 Å².